The minimum atomic E-state index is -0.821. The Bertz CT molecular complexity index is 1130. The van der Waals surface area contributed by atoms with Gasteiger partial charge in [0.1, 0.15) is 5.75 Å². The molecular weight excluding hydrogens is 462 g/mol. The molecule has 0 bridgehead atoms. The van der Waals surface area contributed by atoms with Crippen molar-refractivity contribution in [3.05, 3.63) is 47.5 Å². The summed E-state index contributed by atoms with van der Waals surface area (Å²) in [6.45, 7) is 1.63. The molecule has 0 aromatic heterocycles. The Labute approximate surface area is 211 Å². The summed E-state index contributed by atoms with van der Waals surface area (Å²) in [5.74, 6) is 1.14. The van der Waals surface area contributed by atoms with Crippen molar-refractivity contribution >= 4 is 23.4 Å². The van der Waals surface area contributed by atoms with E-state index in [-0.39, 0.29) is 24.3 Å². The number of methoxy groups -OCH3 is 3. The van der Waals surface area contributed by atoms with Gasteiger partial charge in [-0.2, -0.15) is 0 Å². The van der Waals surface area contributed by atoms with Gasteiger partial charge in [-0.3, -0.25) is 9.79 Å². The molecule has 2 N–H and O–H groups in total. The van der Waals surface area contributed by atoms with E-state index in [2.05, 4.69) is 5.32 Å². The van der Waals surface area contributed by atoms with Crippen LogP contribution < -0.4 is 19.5 Å². The highest BCUT2D eigenvalue weighted by atomic mass is 16.5. The predicted molar refractivity (Wildman–Crippen MR) is 137 cm³/mol. The van der Waals surface area contributed by atoms with Crippen molar-refractivity contribution in [3.63, 3.8) is 0 Å². The Morgan fingerprint density at radius 1 is 1.06 bits per heavy atom. The summed E-state index contributed by atoms with van der Waals surface area (Å²) in [4.78, 5) is 31.2. The van der Waals surface area contributed by atoms with Crippen LogP contribution in [0.2, 0.25) is 0 Å². The van der Waals surface area contributed by atoms with E-state index in [1.54, 1.807) is 50.5 Å². The zero-order valence-corrected chi connectivity index (χ0v) is 21.0. The van der Waals surface area contributed by atoms with Crippen molar-refractivity contribution in [2.45, 2.75) is 25.7 Å². The SMILES string of the molecule is COc1ccc(NC(=O)N2CC[C@@H](CC(=O)O)[C@@H](CC3=NCCc4cc(OC)c(OC)cc43)C2)cc1. The van der Waals surface area contributed by atoms with Crippen LogP contribution in [0.15, 0.2) is 41.4 Å². The molecule has 2 atom stereocenters. The van der Waals surface area contributed by atoms with Gasteiger partial charge in [-0.15, -0.1) is 0 Å². The fourth-order valence-corrected chi connectivity index (χ4v) is 5.08. The van der Waals surface area contributed by atoms with Crippen LogP contribution in [0.25, 0.3) is 0 Å². The van der Waals surface area contributed by atoms with Crippen molar-refractivity contribution in [3.8, 4) is 17.2 Å². The second-order valence-corrected chi connectivity index (χ2v) is 9.16. The first-order valence-electron chi connectivity index (χ1n) is 12.1. The molecule has 2 amide bonds. The molecule has 0 unspecified atom stereocenters. The van der Waals surface area contributed by atoms with Gasteiger partial charge in [0.25, 0.3) is 0 Å². The minimum absolute atomic E-state index is 0.0331. The van der Waals surface area contributed by atoms with E-state index in [1.165, 1.54) is 0 Å². The molecule has 2 aromatic rings. The first-order valence-corrected chi connectivity index (χ1v) is 12.1. The summed E-state index contributed by atoms with van der Waals surface area (Å²) >= 11 is 0. The maximum atomic E-state index is 13.0. The molecule has 0 spiro atoms. The third kappa shape index (κ3) is 5.72. The Balaban J connectivity index is 1.52. The number of urea groups is 1. The van der Waals surface area contributed by atoms with Crippen LogP contribution in [-0.2, 0) is 11.2 Å². The summed E-state index contributed by atoms with van der Waals surface area (Å²) in [5.41, 5.74) is 3.75. The lowest BCUT2D eigenvalue weighted by molar-refractivity contribution is -0.138. The summed E-state index contributed by atoms with van der Waals surface area (Å²) in [6, 6.07) is 10.9. The Kier molecular flexibility index (Phi) is 7.97. The van der Waals surface area contributed by atoms with Crippen LogP contribution in [0, 0.1) is 11.8 Å². The van der Waals surface area contributed by atoms with Gasteiger partial charge < -0.3 is 29.5 Å². The molecule has 2 aromatic carbocycles. The number of aliphatic carboxylic acids is 1. The number of carboxylic acid groups (broad SMARTS) is 1. The molecule has 9 nitrogen and oxygen atoms in total. The number of amides is 2. The monoisotopic (exact) mass is 495 g/mol. The average molecular weight is 496 g/mol. The van der Waals surface area contributed by atoms with E-state index in [9.17, 15) is 14.7 Å². The number of fused-ring (bicyclic) bond motifs is 1. The quantitative estimate of drug-likeness (QED) is 0.571. The molecule has 1 fully saturated rings. The van der Waals surface area contributed by atoms with Crippen molar-refractivity contribution in [2.75, 3.05) is 46.3 Å². The first-order chi connectivity index (χ1) is 17.4. The Morgan fingerprint density at radius 2 is 1.78 bits per heavy atom. The largest absolute Gasteiger partial charge is 0.497 e. The van der Waals surface area contributed by atoms with E-state index in [1.807, 2.05) is 12.1 Å². The highest BCUT2D eigenvalue weighted by Crippen LogP contribution is 2.36. The van der Waals surface area contributed by atoms with Crippen molar-refractivity contribution in [1.82, 2.24) is 4.90 Å². The molecular formula is C27H33N3O6. The molecule has 0 radical (unpaired) electrons. The number of carboxylic acids is 1. The van der Waals surface area contributed by atoms with Gasteiger partial charge in [0.05, 0.1) is 21.3 Å². The zero-order valence-electron chi connectivity index (χ0n) is 21.0. The van der Waals surface area contributed by atoms with Gasteiger partial charge in [-0.1, -0.05) is 0 Å². The van der Waals surface area contributed by atoms with E-state index >= 15 is 0 Å². The number of hydrogen-bond donors (Lipinski definition) is 2. The van der Waals surface area contributed by atoms with E-state index in [0.717, 1.165) is 23.3 Å². The lowest BCUT2D eigenvalue weighted by Crippen LogP contribution is -2.46. The van der Waals surface area contributed by atoms with Gasteiger partial charge in [0, 0.05) is 43.0 Å². The predicted octanol–water partition coefficient (Wildman–Crippen LogP) is 4.09. The van der Waals surface area contributed by atoms with Gasteiger partial charge >= 0.3 is 12.0 Å². The Morgan fingerprint density at radius 3 is 2.44 bits per heavy atom. The average Bonchev–Trinajstić information content (AvgIpc) is 2.89. The van der Waals surface area contributed by atoms with Crippen LogP contribution in [0.5, 0.6) is 17.2 Å². The second kappa shape index (κ2) is 11.3. The summed E-state index contributed by atoms with van der Waals surface area (Å²) in [6.07, 6.45) is 2.09. The molecule has 36 heavy (non-hydrogen) atoms. The number of nitrogens with zero attached hydrogens (tertiary/aromatic N) is 2. The van der Waals surface area contributed by atoms with Crippen LogP contribution in [-0.4, -0.2) is 68.7 Å². The molecule has 9 heteroatoms. The standard InChI is InChI=1S/C27H33N3O6/c1-34-21-6-4-20(5-7-21)29-27(33)30-11-9-17(14-26(31)32)19(16-30)12-23-22-15-25(36-3)24(35-2)13-18(22)8-10-28-23/h4-7,13,15,17,19H,8-12,14,16H2,1-3H3,(H,29,33)(H,31,32)/t17-,19-/m0/s1. The number of ether oxygens (including phenoxy) is 3. The van der Waals surface area contributed by atoms with Crippen molar-refractivity contribution in [2.24, 2.45) is 16.8 Å². The molecule has 2 aliphatic heterocycles. The van der Waals surface area contributed by atoms with E-state index in [0.29, 0.717) is 55.4 Å². The third-order valence-electron chi connectivity index (χ3n) is 7.02. The second-order valence-electron chi connectivity index (χ2n) is 9.16. The maximum absolute atomic E-state index is 13.0. The van der Waals surface area contributed by atoms with E-state index < -0.39 is 5.97 Å². The molecule has 0 saturated carbocycles. The fourth-order valence-electron chi connectivity index (χ4n) is 5.08. The van der Waals surface area contributed by atoms with Crippen LogP contribution in [0.1, 0.15) is 30.4 Å². The van der Waals surface area contributed by atoms with Crippen LogP contribution >= 0.6 is 0 Å². The van der Waals surface area contributed by atoms with Gasteiger partial charge in [0.2, 0.25) is 0 Å². The maximum Gasteiger partial charge on any atom is 0.321 e. The van der Waals surface area contributed by atoms with Crippen LogP contribution in [0.4, 0.5) is 10.5 Å². The molecule has 2 heterocycles. The van der Waals surface area contributed by atoms with Crippen molar-refractivity contribution in [1.29, 1.82) is 0 Å². The normalized spacial score (nSPS) is 19.1. The number of carbonyl (C=O) groups excluding carboxylic acids is 1. The smallest absolute Gasteiger partial charge is 0.321 e. The van der Waals surface area contributed by atoms with Crippen molar-refractivity contribution < 1.29 is 28.9 Å². The molecule has 0 aliphatic carbocycles. The van der Waals surface area contributed by atoms with Gasteiger partial charge in [-0.25, -0.2) is 4.79 Å². The number of likely N-dealkylation sites (tertiary alicyclic amines) is 1. The highest BCUT2D eigenvalue weighted by molar-refractivity contribution is 6.03. The lowest BCUT2D eigenvalue weighted by atomic mass is 9.78. The fraction of sp³-hybridized carbons (Fsp3) is 0.444. The minimum Gasteiger partial charge on any atom is -0.497 e. The van der Waals surface area contributed by atoms with Gasteiger partial charge in [-0.05, 0) is 73.1 Å². The number of anilines is 1. The lowest BCUT2D eigenvalue weighted by Gasteiger charge is -2.38. The summed E-state index contributed by atoms with van der Waals surface area (Å²) < 4.78 is 16.1. The first kappa shape index (κ1) is 25.3. The van der Waals surface area contributed by atoms with Crippen LogP contribution in [0.3, 0.4) is 0 Å². The van der Waals surface area contributed by atoms with E-state index in [4.69, 9.17) is 19.2 Å². The zero-order chi connectivity index (χ0) is 25.7. The third-order valence-corrected chi connectivity index (χ3v) is 7.02. The summed E-state index contributed by atoms with van der Waals surface area (Å²) in [7, 11) is 4.82. The number of rotatable bonds is 8. The van der Waals surface area contributed by atoms with Gasteiger partial charge in [0.15, 0.2) is 11.5 Å². The number of benzene rings is 2. The molecule has 2 aliphatic rings. The molecule has 1 saturated heterocycles. The highest BCUT2D eigenvalue weighted by Gasteiger charge is 2.34. The molecule has 192 valence electrons. The number of nitrogens with one attached hydrogen (secondary N) is 1. The molecule has 4 rings (SSSR count). The number of piperidine rings is 1. The number of hydrogen-bond acceptors (Lipinski definition) is 6. The topological polar surface area (TPSA) is 110 Å². The number of aliphatic imine (C=N–C) groups is 1. The Hall–Kier alpha value is -3.75. The summed E-state index contributed by atoms with van der Waals surface area (Å²) in [5, 5.41) is 12.5. The number of carbonyl (C=O) groups is 2.